The van der Waals surface area contributed by atoms with E-state index in [2.05, 4.69) is 39.6 Å². The molecule has 1 N–H and O–H groups in total. The summed E-state index contributed by atoms with van der Waals surface area (Å²) in [7, 11) is 0. The van der Waals surface area contributed by atoms with Gasteiger partial charge in [-0.25, -0.2) is 0 Å². The molecule has 106 valence electrons. The number of hydrogen-bond donors (Lipinski definition) is 1. The first kappa shape index (κ1) is 14.0. The molecule has 3 aromatic rings. The number of hydrogen-bond acceptors (Lipinski definition) is 6. The Hall–Kier alpha value is -1.92. The van der Waals surface area contributed by atoms with Gasteiger partial charge in [0.15, 0.2) is 4.34 Å². The lowest BCUT2D eigenvalue weighted by Gasteiger charge is -2.01. The first-order chi connectivity index (χ1) is 10.3. The highest BCUT2D eigenvalue weighted by atomic mass is 32.2. The van der Waals surface area contributed by atoms with Gasteiger partial charge in [0.2, 0.25) is 5.13 Å². The Morgan fingerprint density at radius 2 is 1.95 bits per heavy atom. The van der Waals surface area contributed by atoms with Gasteiger partial charge < -0.3 is 5.32 Å². The molecule has 1 aromatic carbocycles. The summed E-state index contributed by atoms with van der Waals surface area (Å²) in [5.41, 5.74) is 3.31. The maximum absolute atomic E-state index is 4.30. The highest BCUT2D eigenvalue weighted by Crippen LogP contribution is 2.29. The number of aromatic nitrogens is 3. The molecule has 0 saturated heterocycles. The molecule has 0 unspecified atom stereocenters. The van der Waals surface area contributed by atoms with Gasteiger partial charge >= 0.3 is 0 Å². The number of anilines is 2. The zero-order valence-corrected chi connectivity index (χ0v) is 13.1. The van der Waals surface area contributed by atoms with E-state index in [1.807, 2.05) is 30.3 Å². The molecule has 2 heterocycles. The van der Waals surface area contributed by atoms with Gasteiger partial charge in [-0.3, -0.25) is 4.98 Å². The molecule has 0 aliphatic rings. The minimum absolute atomic E-state index is 0.806. The van der Waals surface area contributed by atoms with Crippen molar-refractivity contribution in [3.8, 4) is 0 Å². The Morgan fingerprint density at radius 1 is 1.10 bits per heavy atom. The summed E-state index contributed by atoms with van der Waals surface area (Å²) in [5.74, 6) is 0.806. The number of nitrogens with zero attached hydrogens (tertiary/aromatic N) is 3. The van der Waals surface area contributed by atoms with E-state index in [0.29, 0.717) is 0 Å². The molecule has 0 saturated carbocycles. The third-order valence-electron chi connectivity index (χ3n) is 2.78. The van der Waals surface area contributed by atoms with Crippen molar-refractivity contribution in [2.24, 2.45) is 0 Å². The molecular formula is C15H14N4S2. The minimum Gasteiger partial charge on any atom is -0.330 e. The third kappa shape index (κ3) is 4.03. The van der Waals surface area contributed by atoms with E-state index in [1.165, 1.54) is 5.56 Å². The predicted octanol–water partition coefficient (Wildman–Crippen LogP) is 4.28. The van der Waals surface area contributed by atoms with Gasteiger partial charge in [0, 0.05) is 17.6 Å². The number of thioether (sulfide) groups is 1. The highest BCUT2D eigenvalue weighted by molar-refractivity contribution is 8.00. The zero-order valence-electron chi connectivity index (χ0n) is 11.5. The second kappa shape index (κ2) is 6.69. The normalized spacial score (nSPS) is 10.5. The van der Waals surface area contributed by atoms with Crippen LogP contribution in [0, 0.1) is 6.92 Å². The molecule has 0 bridgehead atoms. The molecule has 0 radical (unpaired) electrons. The van der Waals surface area contributed by atoms with E-state index in [0.717, 1.165) is 26.6 Å². The van der Waals surface area contributed by atoms with E-state index >= 15 is 0 Å². The van der Waals surface area contributed by atoms with Gasteiger partial charge in [0.25, 0.3) is 0 Å². The maximum atomic E-state index is 4.30. The van der Waals surface area contributed by atoms with E-state index in [1.54, 1.807) is 29.3 Å². The van der Waals surface area contributed by atoms with Crippen LogP contribution in [0.4, 0.5) is 10.8 Å². The second-order valence-corrected chi connectivity index (χ2v) is 6.67. The van der Waals surface area contributed by atoms with E-state index in [4.69, 9.17) is 0 Å². The Morgan fingerprint density at radius 3 is 2.71 bits per heavy atom. The Bertz CT molecular complexity index is 695. The van der Waals surface area contributed by atoms with E-state index < -0.39 is 0 Å². The quantitative estimate of drug-likeness (QED) is 0.712. The largest absolute Gasteiger partial charge is 0.330 e. The summed E-state index contributed by atoms with van der Waals surface area (Å²) in [6.07, 6.45) is 1.81. The molecule has 21 heavy (non-hydrogen) atoms. The summed E-state index contributed by atoms with van der Waals surface area (Å²) in [6, 6.07) is 14.1. The van der Waals surface area contributed by atoms with Crippen molar-refractivity contribution >= 4 is 33.9 Å². The first-order valence-corrected chi connectivity index (χ1v) is 8.30. The monoisotopic (exact) mass is 314 g/mol. The maximum Gasteiger partial charge on any atom is 0.210 e. The zero-order chi connectivity index (χ0) is 14.5. The fraction of sp³-hybridized carbons (Fsp3) is 0.133. The first-order valence-electron chi connectivity index (χ1n) is 6.49. The molecule has 3 rings (SSSR count). The van der Waals surface area contributed by atoms with Crippen molar-refractivity contribution in [2.45, 2.75) is 17.0 Å². The van der Waals surface area contributed by atoms with Crippen LogP contribution < -0.4 is 5.32 Å². The van der Waals surface area contributed by atoms with Crippen molar-refractivity contribution in [3.05, 3.63) is 59.9 Å². The van der Waals surface area contributed by atoms with Crippen LogP contribution in [0.15, 0.2) is 53.0 Å². The van der Waals surface area contributed by atoms with Crippen molar-refractivity contribution in [3.63, 3.8) is 0 Å². The van der Waals surface area contributed by atoms with Crippen LogP contribution in [0.3, 0.4) is 0 Å². The molecule has 0 aliphatic carbocycles. The minimum atomic E-state index is 0.806. The van der Waals surface area contributed by atoms with Crippen LogP contribution in [0.5, 0.6) is 0 Å². The van der Waals surface area contributed by atoms with Gasteiger partial charge in [-0.1, -0.05) is 46.9 Å². The van der Waals surface area contributed by atoms with Crippen molar-refractivity contribution < 1.29 is 0 Å². The predicted molar refractivity (Wildman–Crippen MR) is 88.2 cm³/mol. The topological polar surface area (TPSA) is 50.7 Å². The molecule has 2 aromatic heterocycles. The van der Waals surface area contributed by atoms with Gasteiger partial charge in [-0.15, -0.1) is 10.2 Å². The molecule has 0 spiro atoms. The van der Waals surface area contributed by atoms with E-state index in [-0.39, 0.29) is 0 Å². The van der Waals surface area contributed by atoms with Gasteiger partial charge in [0.1, 0.15) is 0 Å². The van der Waals surface area contributed by atoms with Gasteiger partial charge in [-0.05, 0) is 31.2 Å². The van der Waals surface area contributed by atoms with Crippen LogP contribution in [-0.4, -0.2) is 15.2 Å². The fourth-order valence-electron chi connectivity index (χ4n) is 1.70. The lowest BCUT2D eigenvalue weighted by Crippen LogP contribution is -1.88. The fourth-order valence-corrected chi connectivity index (χ4v) is 3.39. The van der Waals surface area contributed by atoms with Crippen molar-refractivity contribution in [1.29, 1.82) is 0 Å². The Balaban J connectivity index is 1.59. The summed E-state index contributed by atoms with van der Waals surface area (Å²) >= 11 is 3.20. The van der Waals surface area contributed by atoms with Crippen LogP contribution in [0.2, 0.25) is 0 Å². The molecule has 0 fully saturated rings. The highest BCUT2D eigenvalue weighted by Gasteiger charge is 2.05. The van der Waals surface area contributed by atoms with Crippen LogP contribution in [-0.2, 0) is 5.75 Å². The SMILES string of the molecule is Cc1ccc(Nc2nnc(SCc3ccccn3)s2)cc1. The molecule has 4 nitrogen and oxygen atoms in total. The summed E-state index contributed by atoms with van der Waals surface area (Å²) in [4.78, 5) is 4.30. The number of aryl methyl sites for hydroxylation is 1. The average Bonchev–Trinajstić information content (AvgIpc) is 2.96. The van der Waals surface area contributed by atoms with E-state index in [9.17, 15) is 0 Å². The van der Waals surface area contributed by atoms with Gasteiger partial charge in [-0.2, -0.15) is 0 Å². The Labute approximate surface area is 131 Å². The second-order valence-electron chi connectivity index (χ2n) is 4.47. The number of pyridine rings is 1. The molecule has 0 atom stereocenters. The lowest BCUT2D eigenvalue weighted by molar-refractivity contribution is 1.01. The van der Waals surface area contributed by atoms with Crippen LogP contribution in [0.25, 0.3) is 0 Å². The summed E-state index contributed by atoms with van der Waals surface area (Å²) < 4.78 is 0.940. The Kier molecular flexibility index (Phi) is 4.47. The lowest BCUT2D eigenvalue weighted by atomic mass is 10.2. The van der Waals surface area contributed by atoms with Gasteiger partial charge in [0.05, 0.1) is 5.69 Å². The van der Waals surface area contributed by atoms with Crippen molar-refractivity contribution in [1.82, 2.24) is 15.2 Å². The standard InChI is InChI=1S/C15H14N4S2/c1-11-5-7-12(8-6-11)17-14-18-19-15(21-14)20-10-13-4-2-3-9-16-13/h2-9H,10H2,1H3,(H,17,18). The third-order valence-corrected chi connectivity index (χ3v) is 4.78. The molecule has 6 heteroatoms. The molecule has 0 amide bonds. The van der Waals surface area contributed by atoms with Crippen molar-refractivity contribution in [2.75, 3.05) is 5.32 Å². The smallest absolute Gasteiger partial charge is 0.210 e. The van der Waals surface area contributed by atoms with Crippen LogP contribution >= 0.6 is 23.1 Å². The summed E-state index contributed by atoms with van der Waals surface area (Å²) in [6.45, 7) is 2.07. The molecule has 0 aliphatic heterocycles. The van der Waals surface area contributed by atoms with Crippen LogP contribution in [0.1, 0.15) is 11.3 Å². The summed E-state index contributed by atoms with van der Waals surface area (Å²) in [5, 5.41) is 12.4. The average molecular weight is 314 g/mol. The number of nitrogens with one attached hydrogen (secondary N) is 1. The number of rotatable bonds is 5. The number of benzene rings is 1. The molecular weight excluding hydrogens is 300 g/mol.